The molecule has 1 amide bonds. The van der Waals surface area contributed by atoms with E-state index in [-0.39, 0.29) is 24.3 Å². The first-order chi connectivity index (χ1) is 22.6. The Hall–Kier alpha value is -4.45. The summed E-state index contributed by atoms with van der Waals surface area (Å²) >= 11 is 0. The topological polar surface area (TPSA) is 109 Å². The highest BCUT2D eigenvalue weighted by molar-refractivity contribution is 5.84. The number of amides is 1. The summed E-state index contributed by atoms with van der Waals surface area (Å²) in [6, 6.07) is 4.33. The number of aromatic nitrogens is 3. The molecule has 1 saturated heterocycles. The largest absolute Gasteiger partial charge is 0.481 e. The summed E-state index contributed by atoms with van der Waals surface area (Å²) in [5, 5.41) is 12.8. The summed E-state index contributed by atoms with van der Waals surface area (Å²) in [6.45, 7) is 11.7. The molecule has 1 aliphatic heterocycles. The third-order valence-electron chi connectivity index (χ3n) is 9.00. The molecule has 9 nitrogen and oxygen atoms in total. The number of alkyl halides is 3. The first kappa shape index (κ1) is 34.9. The molecule has 4 heterocycles. The van der Waals surface area contributed by atoms with E-state index in [4.69, 9.17) is 0 Å². The average molecular weight is 666 g/mol. The van der Waals surface area contributed by atoms with Crippen LogP contribution in [-0.4, -0.2) is 55.5 Å². The summed E-state index contributed by atoms with van der Waals surface area (Å²) in [6.07, 6.45) is 2.27. The van der Waals surface area contributed by atoms with Crippen molar-refractivity contribution in [3.8, 4) is 11.1 Å². The Morgan fingerprint density at radius 1 is 1.04 bits per heavy atom. The lowest BCUT2D eigenvalue weighted by molar-refractivity contribution is -0.139. The summed E-state index contributed by atoms with van der Waals surface area (Å²) in [5.74, 6) is -1.92. The van der Waals surface area contributed by atoms with E-state index < -0.39 is 47.7 Å². The van der Waals surface area contributed by atoms with Crippen molar-refractivity contribution < 1.29 is 27.9 Å². The standard InChI is InChI=1S/C36H42F3N5O4/c1-21(2)13-30(44-20-25(7-11-42-9-6-10-42)28(17-31(44)45)36(37,38)39)35(48)41-29(18-32(46)47)26-16-27(34-40-8-12-43(34)19-26)33-23(4)14-22(3)15-24(33)5/h8,12,14-17,19-21,29-30H,6-7,9-11,13,18H2,1-5H3,(H,41,48)(H,46,47)/t29?,30-/m0/s1. The molecule has 2 N–H and O–H groups in total. The molecule has 4 aromatic rings. The van der Waals surface area contributed by atoms with Crippen LogP contribution in [0.4, 0.5) is 13.2 Å². The zero-order chi connectivity index (χ0) is 34.9. The van der Waals surface area contributed by atoms with Crippen LogP contribution in [0.25, 0.3) is 16.8 Å². The van der Waals surface area contributed by atoms with Crippen molar-refractivity contribution in [2.24, 2.45) is 5.92 Å². The number of carbonyl (C=O) groups excluding carboxylic acids is 1. The zero-order valence-corrected chi connectivity index (χ0v) is 27.9. The second kappa shape index (κ2) is 14.0. The zero-order valence-electron chi connectivity index (χ0n) is 27.9. The number of halogens is 3. The van der Waals surface area contributed by atoms with Gasteiger partial charge in [0.1, 0.15) is 11.7 Å². The van der Waals surface area contributed by atoms with E-state index in [1.165, 1.54) is 6.20 Å². The van der Waals surface area contributed by atoms with Gasteiger partial charge in [0.15, 0.2) is 0 Å². The lowest BCUT2D eigenvalue weighted by Gasteiger charge is -2.31. The fourth-order valence-corrected chi connectivity index (χ4v) is 6.70. The highest BCUT2D eigenvalue weighted by Gasteiger charge is 2.36. The van der Waals surface area contributed by atoms with Crippen LogP contribution in [0, 0.1) is 26.7 Å². The Balaban J connectivity index is 1.56. The van der Waals surface area contributed by atoms with E-state index in [9.17, 15) is 32.7 Å². The van der Waals surface area contributed by atoms with Gasteiger partial charge in [-0.3, -0.25) is 14.4 Å². The van der Waals surface area contributed by atoms with E-state index in [1.54, 1.807) is 23.0 Å². The molecular weight excluding hydrogens is 623 g/mol. The molecule has 0 spiro atoms. The Kier molecular flexibility index (Phi) is 10.1. The molecule has 0 bridgehead atoms. The van der Waals surface area contributed by atoms with Gasteiger partial charge >= 0.3 is 12.1 Å². The third-order valence-corrected chi connectivity index (χ3v) is 9.00. The van der Waals surface area contributed by atoms with Crippen LogP contribution >= 0.6 is 0 Å². The van der Waals surface area contributed by atoms with Gasteiger partial charge in [-0.1, -0.05) is 31.5 Å². The third kappa shape index (κ3) is 7.64. The van der Waals surface area contributed by atoms with Gasteiger partial charge in [0.2, 0.25) is 5.91 Å². The number of hydrogen-bond acceptors (Lipinski definition) is 5. The number of aliphatic carboxylic acids is 1. The Bertz CT molecular complexity index is 1870. The van der Waals surface area contributed by atoms with Gasteiger partial charge in [-0.15, -0.1) is 0 Å². The van der Waals surface area contributed by atoms with Crippen molar-refractivity contribution in [3.63, 3.8) is 0 Å². The first-order valence-electron chi connectivity index (χ1n) is 16.2. The number of nitrogens with zero attached hydrogens (tertiary/aromatic N) is 4. The minimum absolute atomic E-state index is 0.0586. The maximum Gasteiger partial charge on any atom is 0.416 e. The number of likely N-dealkylation sites (tertiary alicyclic amines) is 1. The average Bonchev–Trinajstić information content (AvgIpc) is 3.43. The Morgan fingerprint density at radius 3 is 2.31 bits per heavy atom. The lowest BCUT2D eigenvalue weighted by Crippen LogP contribution is -2.41. The predicted molar refractivity (Wildman–Crippen MR) is 177 cm³/mol. The number of rotatable bonds is 12. The summed E-state index contributed by atoms with van der Waals surface area (Å²) in [5.41, 5.74) is 3.99. The van der Waals surface area contributed by atoms with Crippen LogP contribution in [-0.2, 0) is 22.2 Å². The van der Waals surface area contributed by atoms with Crippen molar-refractivity contribution >= 4 is 17.5 Å². The van der Waals surface area contributed by atoms with Gasteiger partial charge in [-0.05, 0) is 92.9 Å². The fraction of sp³-hybridized carbons (Fsp3) is 0.444. The maximum absolute atomic E-state index is 14.1. The van der Waals surface area contributed by atoms with Crippen molar-refractivity contribution in [3.05, 3.63) is 92.8 Å². The molecule has 2 atom stereocenters. The van der Waals surface area contributed by atoms with Gasteiger partial charge in [0.25, 0.3) is 5.56 Å². The SMILES string of the molecule is Cc1cc(C)c(-c2cc(C(CC(=O)O)NC(=O)[C@H](CC(C)C)n3cc(CCN4CCC4)c(C(F)(F)F)cc3=O)cn3ccnc23)c(C)c1. The second-order valence-corrected chi connectivity index (χ2v) is 13.3. The minimum atomic E-state index is -4.73. The van der Waals surface area contributed by atoms with Crippen molar-refractivity contribution in [2.75, 3.05) is 19.6 Å². The summed E-state index contributed by atoms with van der Waals surface area (Å²) < 4.78 is 45.0. The number of nitrogens with one attached hydrogen (secondary N) is 1. The highest BCUT2D eigenvalue weighted by atomic mass is 19.4. The van der Waals surface area contributed by atoms with Crippen LogP contribution in [0.15, 0.2) is 53.8 Å². The number of imidazole rings is 1. The highest BCUT2D eigenvalue weighted by Crippen LogP contribution is 2.35. The number of carboxylic acids is 1. The minimum Gasteiger partial charge on any atom is -0.481 e. The molecule has 3 aromatic heterocycles. The number of hydrogen-bond donors (Lipinski definition) is 2. The number of aryl methyl sites for hydroxylation is 3. The molecule has 5 rings (SSSR count). The smallest absolute Gasteiger partial charge is 0.416 e. The fourth-order valence-electron chi connectivity index (χ4n) is 6.70. The van der Waals surface area contributed by atoms with E-state index in [0.717, 1.165) is 51.9 Å². The van der Waals surface area contributed by atoms with Crippen LogP contribution in [0.3, 0.4) is 0 Å². The quantitative estimate of drug-likeness (QED) is 0.185. The molecule has 0 saturated carbocycles. The van der Waals surface area contributed by atoms with Gasteiger partial charge in [0.05, 0.1) is 18.0 Å². The van der Waals surface area contributed by atoms with Crippen molar-refractivity contribution in [1.82, 2.24) is 24.2 Å². The number of carboxylic acid groups (broad SMARTS) is 1. The monoisotopic (exact) mass is 665 g/mol. The molecule has 1 aliphatic rings. The van der Waals surface area contributed by atoms with Gasteiger partial charge in [0, 0.05) is 43.0 Å². The molecule has 0 aliphatic carbocycles. The van der Waals surface area contributed by atoms with Crippen molar-refractivity contribution in [1.29, 1.82) is 0 Å². The van der Waals surface area contributed by atoms with Crippen LogP contribution in [0.5, 0.6) is 0 Å². The molecule has 0 radical (unpaired) electrons. The van der Waals surface area contributed by atoms with Crippen molar-refractivity contribution in [2.45, 2.75) is 78.6 Å². The maximum atomic E-state index is 14.1. The number of fused-ring (bicyclic) bond motifs is 1. The predicted octanol–water partition coefficient (Wildman–Crippen LogP) is 6.27. The van der Waals surface area contributed by atoms with E-state index in [2.05, 4.69) is 22.4 Å². The molecule has 12 heteroatoms. The molecular formula is C36H42F3N5O4. The molecule has 48 heavy (non-hydrogen) atoms. The van der Waals surface area contributed by atoms with Crippen LogP contribution in [0.2, 0.25) is 0 Å². The number of benzene rings is 1. The Morgan fingerprint density at radius 2 is 1.73 bits per heavy atom. The number of carbonyl (C=O) groups is 2. The molecule has 256 valence electrons. The van der Waals surface area contributed by atoms with E-state index in [0.29, 0.717) is 23.8 Å². The van der Waals surface area contributed by atoms with E-state index >= 15 is 0 Å². The Labute approximate surface area is 277 Å². The van der Waals surface area contributed by atoms with Crippen LogP contribution in [0.1, 0.15) is 78.6 Å². The van der Waals surface area contributed by atoms with Crippen LogP contribution < -0.4 is 10.9 Å². The first-order valence-corrected chi connectivity index (χ1v) is 16.2. The van der Waals surface area contributed by atoms with Gasteiger partial charge in [-0.2, -0.15) is 13.2 Å². The molecule has 1 unspecified atom stereocenters. The summed E-state index contributed by atoms with van der Waals surface area (Å²) in [4.78, 5) is 46.1. The second-order valence-electron chi connectivity index (χ2n) is 13.3. The lowest BCUT2D eigenvalue weighted by atomic mass is 9.92. The normalized spacial score (nSPS) is 15.0. The van der Waals surface area contributed by atoms with Gasteiger partial charge in [-0.25, -0.2) is 4.98 Å². The van der Waals surface area contributed by atoms with Gasteiger partial charge < -0.3 is 24.3 Å². The number of pyridine rings is 2. The van der Waals surface area contributed by atoms with E-state index in [1.807, 2.05) is 45.6 Å². The molecule has 1 fully saturated rings. The molecule has 1 aromatic carbocycles. The summed E-state index contributed by atoms with van der Waals surface area (Å²) in [7, 11) is 0.